The van der Waals surface area contributed by atoms with Gasteiger partial charge in [-0.25, -0.2) is 0 Å². The van der Waals surface area contributed by atoms with Crippen LogP contribution in [0.4, 0.5) is 0 Å². The lowest BCUT2D eigenvalue weighted by Gasteiger charge is -2.31. The van der Waals surface area contributed by atoms with Crippen molar-refractivity contribution in [3.8, 4) is 11.5 Å². The summed E-state index contributed by atoms with van der Waals surface area (Å²) >= 11 is 6.29. The average Bonchev–Trinajstić information content (AvgIpc) is 2.61. The molecule has 1 heterocycles. The van der Waals surface area contributed by atoms with Crippen LogP contribution in [0.3, 0.4) is 0 Å². The zero-order chi connectivity index (χ0) is 18.6. The summed E-state index contributed by atoms with van der Waals surface area (Å²) in [4.78, 5) is 26.2. The number of esters is 1. The smallest absolute Gasteiger partial charge is 0.310 e. The molecule has 25 heavy (non-hydrogen) atoms. The monoisotopic (exact) mass is 369 g/mol. The largest absolute Gasteiger partial charge is 0.493 e. The Morgan fingerprint density at radius 3 is 2.60 bits per heavy atom. The van der Waals surface area contributed by atoms with E-state index < -0.39 is 0 Å². The maximum Gasteiger partial charge on any atom is 0.310 e. The molecule has 0 N–H and O–H groups in total. The van der Waals surface area contributed by atoms with Crippen molar-refractivity contribution in [1.82, 2.24) is 4.90 Å². The van der Waals surface area contributed by atoms with E-state index in [1.807, 2.05) is 13.8 Å². The highest BCUT2D eigenvalue weighted by atomic mass is 35.5. The number of benzene rings is 1. The van der Waals surface area contributed by atoms with E-state index in [4.69, 9.17) is 25.8 Å². The molecule has 1 fully saturated rings. The molecule has 1 aromatic carbocycles. The topological polar surface area (TPSA) is 65.1 Å². The predicted octanol–water partition coefficient (Wildman–Crippen LogP) is 3.16. The van der Waals surface area contributed by atoms with Gasteiger partial charge in [0.2, 0.25) is 0 Å². The van der Waals surface area contributed by atoms with Crippen LogP contribution in [-0.2, 0) is 9.53 Å². The molecule has 0 spiro atoms. The summed E-state index contributed by atoms with van der Waals surface area (Å²) in [6.07, 6.45) is 1.41. The van der Waals surface area contributed by atoms with Gasteiger partial charge < -0.3 is 19.1 Å². The third-order valence-electron chi connectivity index (χ3n) is 4.07. The van der Waals surface area contributed by atoms with E-state index in [2.05, 4.69) is 0 Å². The molecule has 2 rings (SSSR count). The van der Waals surface area contributed by atoms with Crippen LogP contribution in [0.25, 0.3) is 0 Å². The van der Waals surface area contributed by atoms with E-state index in [1.54, 1.807) is 17.0 Å². The Labute approximate surface area is 153 Å². The minimum Gasteiger partial charge on any atom is -0.493 e. The quantitative estimate of drug-likeness (QED) is 0.746. The fourth-order valence-corrected chi connectivity index (χ4v) is 3.15. The molecular weight excluding hydrogens is 346 g/mol. The van der Waals surface area contributed by atoms with Gasteiger partial charge in [0.1, 0.15) is 0 Å². The first kappa shape index (κ1) is 19.4. The molecule has 0 aliphatic carbocycles. The Balaban J connectivity index is 2.24. The normalized spacial score (nSPS) is 17.4. The summed E-state index contributed by atoms with van der Waals surface area (Å²) in [6.45, 7) is 4.71. The van der Waals surface area contributed by atoms with Crippen LogP contribution in [0.2, 0.25) is 5.02 Å². The van der Waals surface area contributed by atoms with Crippen molar-refractivity contribution in [1.29, 1.82) is 0 Å². The molecule has 138 valence electrons. The molecule has 6 nitrogen and oxygen atoms in total. The molecule has 1 amide bonds. The van der Waals surface area contributed by atoms with Crippen molar-refractivity contribution < 1.29 is 23.8 Å². The third-order valence-corrected chi connectivity index (χ3v) is 4.35. The number of amides is 1. The Bertz CT molecular complexity index is 647. The maximum absolute atomic E-state index is 12.8. The molecule has 0 saturated carbocycles. The fraction of sp³-hybridized carbons (Fsp3) is 0.556. The first-order chi connectivity index (χ1) is 11.9. The van der Waals surface area contributed by atoms with Gasteiger partial charge in [0, 0.05) is 18.7 Å². The number of hydrogen-bond donors (Lipinski definition) is 0. The minimum atomic E-state index is -0.288. The standard InChI is InChI=1S/C18H24ClNO5/c1-11(2)25-16-14(19)8-13(9-15(16)23-3)17(21)20-7-5-6-12(10-20)18(22)24-4/h8-9,11-12H,5-7,10H2,1-4H3/t12-/m1/s1. The summed E-state index contributed by atoms with van der Waals surface area (Å²) in [6, 6.07) is 3.19. The summed E-state index contributed by atoms with van der Waals surface area (Å²) in [7, 11) is 2.86. The van der Waals surface area contributed by atoms with Crippen LogP contribution in [0.1, 0.15) is 37.0 Å². The number of ether oxygens (including phenoxy) is 3. The Morgan fingerprint density at radius 1 is 1.28 bits per heavy atom. The van der Waals surface area contributed by atoms with E-state index >= 15 is 0 Å². The van der Waals surface area contributed by atoms with Gasteiger partial charge in [0.05, 0.1) is 31.3 Å². The van der Waals surface area contributed by atoms with E-state index in [9.17, 15) is 9.59 Å². The third kappa shape index (κ3) is 4.57. The summed E-state index contributed by atoms with van der Waals surface area (Å²) in [5, 5.41) is 0.318. The number of carbonyl (C=O) groups is 2. The predicted molar refractivity (Wildman–Crippen MR) is 94.4 cm³/mol. The summed E-state index contributed by atoms with van der Waals surface area (Å²) in [5.41, 5.74) is 0.406. The van der Waals surface area contributed by atoms with E-state index in [0.29, 0.717) is 35.2 Å². The Kier molecular flexibility index (Phi) is 6.53. The number of methoxy groups -OCH3 is 2. The fourth-order valence-electron chi connectivity index (χ4n) is 2.90. The van der Waals surface area contributed by atoms with Crippen molar-refractivity contribution >= 4 is 23.5 Å². The number of piperidine rings is 1. The van der Waals surface area contributed by atoms with Gasteiger partial charge in [0.15, 0.2) is 11.5 Å². The summed E-state index contributed by atoms with van der Waals surface area (Å²) < 4.78 is 15.8. The van der Waals surface area contributed by atoms with Gasteiger partial charge in [-0.15, -0.1) is 0 Å². The Morgan fingerprint density at radius 2 is 2.00 bits per heavy atom. The molecule has 1 aliphatic heterocycles. The molecular formula is C18H24ClNO5. The molecule has 1 aliphatic rings. The van der Waals surface area contributed by atoms with E-state index in [1.165, 1.54) is 14.2 Å². The second kappa shape index (κ2) is 8.43. The molecule has 0 unspecified atom stereocenters. The number of carbonyl (C=O) groups excluding carboxylic acids is 2. The van der Waals surface area contributed by atoms with Crippen molar-refractivity contribution in [2.24, 2.45) is 5.92 Å². The first-order valence-corrected chi connectivity index (χ1v) is 8.66. The highest BCUT2D eigenvalue weighted by Gasteiger charge is 2.30. The number of nitrogens with zero attached hydrogens (tertiary/aromatic N) is 1. The molecule has 0 aromatic heterocycles. The minimum absolute atomic E-state index is 0.0733. The van der Waals surface area contributed by atoms with Crippen LogP contribution in [-0.4, -0.2) is 50.2 Å². The number of halogens is 1. The molecule has 1 saturated heterocycles. The highest BCUT2D eigenvalue weighted by molar-refractivity contribution is 6.32. The lowest BCUT2D eigenvalue weighted by Crippen LogP contribution is -2.42. The summed E-state index contributed by atoms with van der Waals surface area (Å²) in [5.74, 6) is 0.0650. The van der Waals surface area contributed by atoms with Gasteiger partial charge >= 0.3 is 5.97 Å². The van der Waals surface area contributed by atoms with E-state index in [-0.39, 0.29) is 23.9 Å². The van der Waals surface area contributed by atoms with Crippen LogP contribution in [0, 0.1) is 5.92 Å². The van der Waals surface area contributed by atoms with Crippen LogP contribution >= 0.6 is 11.6 Å². The molecule has 7 heteroatoms. The van der Waals surface area contributed by atoms with Gasteiger partial charge in [-0.3, -0.25) is 9.59 Å². The second-order valence-electron chi connectivity index (χ2n) is 6.27. The highest BCUT2D eigenvalue weighted by Crippen LogP contribution is 2.37. The van der Waals surface area contributed by atoms with Crippen molar-refractivity contribution in [3.63, 3.8) is 0 Å². The zero-order valence-corrected chi connectivity index (χ0v) is 15.8. The van der Waals surface area contributed by atoms with Gasteiger partial charge in [-0.2, -0.15) is 0 Å². The maximum atomic E-state index is 12.8. The van der Waals surface area contributed by atoms with Crippen molar-refractivity contribution in [2.75, 3.05) is 27.3 Å². The number of likely N-dealkylation sites (tertiary alicyclic amines) is 1. The first-order valence-electron chi connectivity index (χ1n) is 8.28. The lowest BCUT2D eigenvalue weighted by atomic mass is 9.97. The number of hydrogen-bond acceptors (Lipinski definition) is 5. The molecule has 0 bridgehead atoms. The van der Waals surface area contributed by atoms with Crippen molar-refractivity contribution in [3.05, 3.63) is 22.7 Å². The SMILES string of the molecule is COC(=O)[C@@H]1CCCN(C(=O)c2cc(Cl)c(OC(C)C)c(OC)c2)C1. The molecule has 0 radical (unpaired) electrons. The number of rotatable bonds is 5. The van der Waals surface area contributed by atoms with Crippen LogP contribution in [0.15, 0.2) is 12.1 Å². The second-order valence-corrected chi connectivity index (χ2v) is 6.68. The van der Waals surface area contributed by atoms with E-state index in [0.717, 1.165) is 12.8 Å². The molecule has 1 aromatic rings. The van der Waals surface area contributed by atoms with Gasteiger partial charge in [0.25, 0.3) is 5.91 Å². The van der Waals surface area contributed by atoms with Crippen molar-refractivity contribution in [2.45, 2.75) is 32.8 Å². The Hall–Kier alpha value is -1.95. The zero-order valence-electron chi connectivity index (χ0n) is 15.0. The van der Waals surface area contributed by atoms with Crippen LogP contribution in [0.5, 0.6) is 11.5 Å². The molecule has 1 atom stereocenters. The average molecular weight is 370 g/mol. The van der Waals surface area contributed by atoms with Gasteiger partial charge in [-0.05, 0) is 38.8 Å². The van der Waals surface area contributed by atoms with Crippen LogP contribution < -0.4 is 9.47 Å². The van der Waals surface area contributed by atoms with Gasteiger partial charge in [-0.1, -0.05) is 11.6 Å². The lowest BCUT2D eigenvalue weighted by molar-refractivity contribution is -0.146.